The lowest BCUT2D eigenvalue weighted by atomic mass is 10.1. The average Bonchev–Trinajstić information content (AvgIpc) is 2.70. The Morgan fingerprint density at radius 3 is 3.00 bits per heavy atom. The molecule has 0 saturated carbocycles. The van der Waals surface area contributed by atoms with Crippen molar-refractivity contribution in [3.8, 4) is 0 Å². The molecule has 2 atom stereocenters. The lowest BCUT2D eigenvalue weighted by molar-refractivity contribution is 0.627. The largest absolute Gasteiger partial charge is 0.366 e. The Kier molecular flexibility index (Phi) is 3.44. The molecule has 0 radical (unpaired) electrons. The standard InChI is InChI=1S/C13H21N3/c1-3-12-5-4-10(2)16(12)13-6-7-15-11(8-13)9-14/h6-8,10,12H,3-5,9,14H2,1-2H3. The van der Waals surface area contributed by atoms with Gasteiger partial charge in [-0.15, -0.1) is 0 Å². The molecule has 88 valence electrons. The van der Waals surface area contributed by atoms with Gasteiger partial charge in [0.2, 0.25) is 0 Å². The maximum absolute atomic E-state index is 5.64. The van der Waals surface area contributed by atoms with Crippen molar-refractivity contribution in [2.24, 2.45) is 5.73 Å². The molecule has 2 N–H and O–H groups in total. The Hall–Kier alpha value is -1.09. The molecule has 1 aromatic heterocycles. The van der Waals surface area contributed by atoms with E-state index >= 15 is 0 Å². The molecule has 3 nitrogen and oxygen atoms in total. The van der Waals surface area contributed by atoms with Gasteiger partial charge < -0.3 is 10.6 Å². The molecular formula is C13H21N3. The van der Waals surface area contributed by atoms with Gasteiger partial charge in [-0.25, -0.2) is 0 Å². The predicted octanol–water partition coefficient (Wildman–Crippen LogP) is 2.31. The number of hydrogen-bond acceptors (Lipinski definition) is 3. The van der Waals surface area contributed by atoms with E-state index in [0.29, 0.717) is 18.6 Å². The molecule has 0 aliphatic carbocycles. The molecule has 0 spiro atoms. The second kappa shape index (κ2) is 4.83. The minimum atomic E-state index is 0.521. The van der Waals surface area contributed by atoms with Crippen LogP contribution in [-0.2, 0) is 6.54 Å². The fraction of sp³-hybridized carbons (Fsp3) is 0.615. The Morgan fingerprint density at radius 1 is 1.50 bits per heavy atom. The molecule has 1 aliphatic rings. The smallest absolute Gasteiger partial charge is 0.0560 e. The van der Waals surface area contributed by atoms with Crippen LogP contribution in [0.2, 0.25) is 0 Å². The highest BCUT2D eigenvalue weighted by molar-refractivity contribution is 5.49. The summed E-state index contributed by atoms with van der Waals surface area (Å²) in [4.78, 5) is 6.78. The van der Waals surface area contributed by atoms with Crippen LogP contribution in [-0.4, -0.2) is 17.1 Å². The Bertz CT molecular complexity index is 351. The van der Waals surface area contributed by atoms with Gasteiger partial charge in [0, 0.05) is 30.5 Å². The van der Waals surface area contributed by atoms with Crippen LogP contribution in [0.25, 0.3) is 0 Å². The maximum Gasteiger partial charge on any atom is 0.0560 e. The van der Waals surface area contributed by atoms with E-state index < -0.39 is 0 Å². The number of nitrogens with zero attached hydrogens (tertiary/aromatic N) is 2. The van der Waals surface area contributed by atoms with Gasteiger partial charge in [0.25, 0.3) is 0 Å². The molecular weight excluding hydrogens is 198 g/mol. The van der Waals surface area contributed by atoms with E-state index in [2.05, 4.69) is 35.9 Å². The van der Waals surface area contributed by atoms with Gasteiger partial charge in [0.1, 0.15) is 0 Å². The van der Waals surface area contributed by atoms with E-state index in [4.69, 9.17) is 5.73 Å². The molecule has 0 amide bonds. The highest BCUT2D eigenvalue weighted by Gasteiger charge is 2.29. The van der Waals surface area contributed by atoms with Crippen molar-refractivity contribution in [1.29, 1.82) is 0 Å². The summed E-state index contributed by atoms with van der Waals surface area (Å²) in [6, 6.07) is 5.55. The van der Waals surface area contributed by atoms with Crippen molar-refractivity contribution in [2.45, 2.75) is 51.7 Å². The number of nitrogens with two attached hydrogens (primary N) is 1. The monoisotopic (exact) mass is 219 g/mol. The van der Waals surface area contributed by atoms with Crippen molar-refractivity contribution in [1.82, 2.24) is 4.98 Å². The quantitative estimate of drug-likeness (QED) is 0.848. The Morgan fingerprint density at radius 2 is 2.31 bits per heavy atom. The first-order valence-corrected chi connectivity index (χ1v) is 6.19. The zero-order valence-electron chi connectivity index (χ0n) is 10.2. The number of anilines is 1. The van der Waals surface area contributed by atoms with Gasteiger partial charge in [-0.1, -0.05) is 6.92 Å². The highest BCUT2D eigenvalue weighted by Crippen LogP contribution is 2.31. The molecule has 0 bridgehead atoms. The summed E-state index contributed by atoms with van der Waals surface area (Å²) >= 11 is 0. The SMILES string of the molecule is CCC1CCC(C)N1c1ccnc(CN)c1. The van der Waals surface area contributed by atoms with Crippen molar-refractivity contribution in [2.75, 3.05) is 4.90 Å². The van der Waals surface area contributed by atoms with Gasteiger partial charge in [-0.05, 0) is 38.3 Å². The predicted molar refractivity (Wildman–Crippen MR) is 67.4 cm³/mol. The van der Waals surface area contributed by atoms with E-state index in [9.17, 15) is 0 Å². The maximum atomic E-state index is 5.64. The summed E-state index contributed by atoms with van der Waals surface area (Å²) in [5, 5.41) is 0. The minimum absolute atomic E-state index is 0.521. The van der Waals surface area contributed by atoms with Crippen molar-refractivity contribution >= 4 is 5.69 Å². The fourth-order valence-electron chi connectivity index (χ4n) is 2.68. The van der Waals surface area contributed by atoms with E-state index in [0.717, 1.165) is 5.69 Å². The summed E-state index contributed by atoms with van der Waals surface area (Å²) in [7, 11) is 0. The van der Waals surface area contributed by atoms with Crippen molar-refractivity contribution < 1.29 is 0 Å². The second-order valence-corrected chi connectivity index (χ2v) is 4.61. The Balaban J connectivity index is 2.27. The van der Waals surface area contributed by atoms with E-state index in [-0.39, 0.29) is 0 Å². The molecule has 3 heteroatoms. The van der Waals surface area contributed by atoms with Crippen LogP contribution in [0.1, 0.15) is 38.8 Å². The number of hydrogen-bond donors (Lipinski definition) is 1. The van der Waals surface area contributed by atoms with Gasteiger partial charge in [0.05, 0.1) is 5.69 Å². The van der Waals surface area contributed by atoms with Crippen LogP contribution in [0.15, 0.2) is 18.3 Å². The van der Waals surface area contributed by atoms with Crippen LogP contribution in [0.3, 0.4) is 0 Å². The molecule has 16 heavy (non-hydrogen) atoms. The van der Waals surface area contributed by atoms with Crippen LogP contribution < -0.4 is 10.6 Å². The van der Waals surface area contributed by atoms with Gasteiger partial charge in [0.15, 0.2) is 0 Å². The zero-order chi connectivity index (χ0) is 11.5. The van der Waals surface area contributed by atoms with Crippen molar-refractivity contribution in [3.05, 3.63) is 24.0 Å². The minimum Gasteiger partial charge on any atom is -0.366 e. The molecule has 0 aromatic carbocycles. The first kappa shape index (κ1) is 11.4. The normalized spacial score (nSPS) is 25.1. The summed E-state index contributed by atoms with van der Waals surface area (Å²) < 4.78 is 0. The zero-order valence-corrected chi connectivity index (χ0v) is 10.2. The number of aromatic nitrogens is 1. The summed E-state index contributed by atoms with van der Waals surface area (Å²) in [5.41, 5.74) is 7.90. The third-order valence-electron chi connectivity index (χ3n) is 3.56. The topological polar surface area (TPSA) is 42.2 Å². The third-order valence-corrected chi connectivity index (χ3v) is 3.56. The first-order chi connectivity index (χ1) is 7.76. The second-order valence-electron chi connectivity index (χ2n) is 4.61. The van der Waals surface area contributed by atoms with E-state index in [1.807, 2.05) is 6.20 Å². The fourth-order valence-corrected chi connectivity index (χ4v) is 2.68. The summed E-state index contributed by atoms with van der Waals surface area (Å²) in [6.45, 7) is 5.09. The lowest BCUT2D eigenvalue weighted by Gasteiger charge is -2.30. The molecule has 1 saturated heterocycles. The lowest BCUT2D eigenvalue weighted by Crippen LogP contribution is -2.34. The average molecular weight is 219 g/mol. The molecule has 2 rings (SSSR count). The summed E-state index contributed by atoms with van der Waals surface area (Å²) in [6.07, 6.45) is 5.68. The third kappa shape index (κ3) is 2.05. The van der Waals surface area contributed by atoms with Gasteiger partial charge in [-0.2, -0.15) is 0 Å². The number of pyridine rings is 1. The first-order valence-electron chi connectivity index (χ1n) is 6.19. The molecule has 1 fully saturated rings. The molecule has 1 aromatic rings. The molecule has 1 aliphatic heterocycles. The van der Waals surface area contributed by atoms with Crippen LogP contribution >= 0.6 is 0 Å². The van der Waals surface area contributed by atoms with Crippen LogP contribution in [0.5, 0.6) is 0 Å². The van der Waals surface area contributed by atoms with Gasteiger partial charge in [-0.3, -0.25) is 4.98 Å². The Labute approximate surface area is 97.7 Å². The number of rotatable bonds is 3. The van der Waals surface area contributed by atoms with Crippen LogP contribution in [0.4, 0.5) is 5.69 Å². The van der Waals surface area contributed by atoms with Gasteiger partial charge >= 0.3 is 0 Å². The van der Waals surface area contributed by atoms with Crippen molar-refractivity contribution in [3.63, 3.8) is 0 Å². The summed E-state index contributed by atoms with van der Waals surface area (Å²) in [5.74, 6) is 0. The van der Waals surface area contributed by atoms with Crippen LogP contribution in [0, 0.1) is 0 Å². The highest BCUT2D eigenvalue weighted by atomic mass is 15.2. The van der Waals surface area contributed by atoms with E-state index in [1.165, 1.54) is 24.9 Å². The van der Waals surface area contributed by atoms with E-state index in [1.54, 1.807) is 0 Å². The molecule has 2 heterocycles. The molecule has 2 unspecified atom stereocenters.